The molecule has 0 bridgehead atoms. The maximum Gasteiger partial charge on any atom is 0.217 e. The Balaban J connectivity index is 1.29. The molecule has 5 rings (SSSR count). The second-order valence-electron chi connectivity index (χ2n) is 8.49. The third kappa shape index (κ3) is 5.14. The number of aromatic amines is 1. The number of carbonyl (C=O) groups is 1. The summed E-state index contributed by atoms with van der Waals surface area (Å²) in [5, 5.41) is 2.90. The van der Waals surface area contributed by atoms with Gasteiger partial charge in [-0.25, -0.2) is 9.97 Å². The van der Waals surface area contributed by atoms with E-state index in [4.69, 9.17) is 9.47 Å². The van der Waals surface area contributed by atoms with Crippen molar-refractivity contribution in [3.05, 3.63) is 66.4 Å². The molecule has 0 radical (unpaired) electrons. The van der Waals surface area contributed by atoms with Crippen molar-refractivity contribution in [3.8, 4) is 28.8 Å². The third-order valence-electron chi connectivity index (χ3n) is 5.63. The van der Waals surface area contributed by atoms with Crippen molar-refractivity contribution in [2.24, 2.45) is 5.92 Å². The van der Waals surface area contributed by atoms with Gasteiger partial charge in [0.05, 0.1) is 29.9 Å². The minimum atomic E-state index is -0.0779. The van der Waals surface area contributed by atoms with Crippen LogP contribution in [-0.2, 0) is 4.79 Å². The van der Waals surface area contributed by atoms with Gasteiger partial charge < -0.3 is 19.8 Å². The van der Waals surface area contributed by atoms with E-state index in [-0.39, 0.29) is 11.9 Å². The van der Waals surface area contributed by atoms with Crippen LogP contribution in [0.15, 0.2) is 60.8 Å². The summed E-state index contributed by atoms with van der Waals surface area (Å²) in [6.45, 7) is 4.24. The molecule has 7 heteroatoms. The number of carbonyl (C=O) groups excluding carboxylic acids is 1. The summed E-state index contributed by atoms with van der Waals surface area (Å²) in [6.07, 6.45) is 4.21. The summed E-state index contributed by atoms with van der Waals surface area (Å²) in [4.78, 5) is 23.8. The number of nitrogens with zero attached hydrogens (tertiary/aromatic N) is 2. The Labute approximate surface area is 192 Å². The highest BCUT2D eigenvalue weighted by molar-refractivity contribution is 5.80. The van der Waals surface area contributed by atoms with E-state index in [0.29, 0.717) is 23.2 Å². The number of hydrogen-bond donors (Lipinski definition) is 2. The lowest BCUT2D eigenvalue weighted by molar-refractivity contribution is -0.119. The van der Waals surface area contributed by atoms with Gasteiger partial charge in [0.2, 0.25) is 5.91 Å². The van der Waals surface area contributed by atoms with Gasteiger partial charge in [0.15, 0.2) is 5.82 Å². The molecule has 168 valence electrons. The summed E-state index contributed by atoms with van der Waals surface area (Å²) in [5.41, 5.74) is 3.46. The van der Waals surface area contributed by atoms with Gasteiger partial charge in [-0.3, -0.25) is 4.79 Å². The van der Waals surface area contributed by atoms with Gasteiger partial charge >= 0.3 is 0 Å². The normalized spacial score (nSPS) is 14.1. The first kappa shape index (κ1) is 21.0. The molecule has 33 heavy (non-hydrogen) atoms. The maximum absolute atomic E-state index is 11.3. The molecule has 4 aromatic rings. The minimum Gasteiger partial charge on any atom is -0.493 e. The Kier molecular flexibility index (Phi) is 5.69. The van der Waals surface area contributed by atoms with Crippen molar-refractivity contribution in [1.29, 1.82) is 0 Å². The fraction of sp³-hybridized carbons (Fsp3) is 0.269. The molecule has 1 fully saturated rings. The number of ether oxygens (including phenoxy) is 2. The molecular formula is C26H26N4O3. The van der Waals surface area contributed by atoms with Crippen LogP contribution in [0.4, 0.5) is 0 Å². The topological polar surface area (TPSA) is 89.1 Å². The quantitative estimate of drug-likeness (QED) is 0.381. The molecule has 2 heterocycles. The highest BCUT2D eigenvalue weighted by Crippen LogP contribution is 2.31. The number of aromatic nitrogens is 3. The number of pyridine rings is 1. The molecule has 7 nitrogen and oxygen atoms in total. The van der Waals surface area contributed by atoms with Gasteiger partial charge in [-0.1, -0.05) is 12.1 Å². The lowest BCUT2D eigenvalue weighted by Crippen LogP contribution is -2.23. The summed E-state index contributed by atoms with van der Waals surface area (Å²) >= 11 is 0. The van der Waals surface area contributed by atoms with E-state index >= 15 is 0 Å². The van der Waals surface area contributed by atoms with Crippen LogP contribution in [0.3, 0.4) is 0 Å². The standard InChI is InChI=1S/C26H26N4O3/c1-16(28-17(2)31)19-8-10-23-25(12-19)30-26(29-23)24-11-9-22(14-27-24)33-21-5-3-4-20(13-21)32-15-18-6-7-18/h3-5,8-14,16,18H,6-7,15H2,1-2H3,(H,28,31)(H,29,30). The van der Waals surface area contributed by atoms with Crippen LogP contribution in [0, 0.1) is 5.92 Å². The molecule has 1 saturated carbocycles. The number of imidazole rings is 1. The zero-order valence-electron chi connectivity index (χ0n) is 18.7. The molecule has 1 unspecified atom stereocenters. The van der Waals surface area contributed by atoms with E-state index in [0.717, 1.165) is 34.6 Å². The number of hydrogen-bond acceptors (Lipinski definition) is 5. The lowest BCUT2D eigenvalue weighted by Gasteiger charge is -2.12. The summed E-state index contributed by atoms with van der Waals surface area (Å²) in [5.74, 6) is 3.49. The van der Waals surface area contributed by atoms with Crippen molar-refractivity contribution in [2.45, 2.75) is 32.7 Å². The van der Waals surface area contributed by atoms with Gasteiger partial charge in [0.1, 0.15) is 22.9 Å². The number of rotatable bonds is 8. The Bertz CT molecular complexity index is 1280. The highest BCUT2D eigenvalue weighted by atomic mass is 16.5. The van der Waals surface area contributed by atoms with Crippen molar-refractivity contribution < 1.29 is 14.3 Å². The van der Waals surface area contributed by atoms with Gasteiger partial charge in [-0.2, -0.15) is 0 Å². The van der Waals surface area contributed by atoms with Crippen LogP contribution < -0.4 is 14.8 Å². The molecule has 1 atom stereocenters. The smallest absolute Gasteiger partial charge is 0.217 e. The maximum atomic E-state index is 11.3. The number of H-pyrrole nitrogens is 1. The first-order chi connectivity index (χ1) is 16.0. The molecular weight excluding hydrogens is 416 g/mol. The largest absolute Gasteiger partial charge is 0.493 e. The van der Waals surface area contributed by atoms with Crippen molar-refractivity contribution in [1.82, 2.24) is 20.3 Å². The van der Waals surface area contributed by atoms with E-state index in [1.54, 1.807) is 6.20 Å². The Hall–Kier alpha value is -3.87. The average Bonchev–Trinajstić information content (AvgIpc) is 3.54. The zero-order valence-corrected chi connectivity index (χ0v) is 18.7. The van der Waals surface area contributed by atoms with E-state index in [2.05, 4.69) is 20.3 Å². The molecule has 0 saturated heterocycles. The number of nitrogens with one attached hydrogen (secondary N) is 2. The van der Waals surface area contributed by atoms with Crippen molar-refractivity contribution >= 4 is 16.9 Å². The van der Waals surface area contributed by atoms with E-state index in [9.17, 15) is 4.79 Å². The van der Waals surface area contributed by atoms with Gasteiger partial charge in [0, 0.05) is 13.0 Å². The second-order valence-corrected chi connectivity index (χ2v) is 8.49. The van der Waals surface area contributed by atoms with Crippen LogP contribution in [-0.4, -0.2) is 27.5 Å². The number of fused-ring (bicyclic) bond motifs is 1. The average molecular weight is 443 g/mol. The first-order valence-electron chi connectivity index (χ1n) is 11.2. The van der Waals surface area contributed by atoms with Gasteiger partial charge in [0.25, 0.3) is 0 Å². The summed E-state index contributed by atoms with van der Waals surface area (Å²) in [7, 11) is 0. The summed E-state index contributed by atoms with van der Waals surface area (Å²) < 4.78 is 11.8. The number of benzene rings is 2. The highest BCUT2D eigenvalue weighted by Gasteiger charge is 2.22. The van der Waals surface area contributed by atoms with Crippen LogP contribution in [0.1, 0.15) is 38.3 Å². The van der Waals surface area contributed by atoms with Gasteiger partial charge in [-0.05, 0) is 67.6 Å². The van der Waals surface area contributed by atoms with E-state index < -0.39 is 0 Å². The molecule has 2 aromatic carbocycles. The van der Waals surface area contributed by atoms with Gasteiger partial charge in [-0.15, -0.1) is 0 Å². The summed E-state index contributed by atoms with van der Waals surface area (Å²) in [6, 6.07) is 17.3. The van der Waals surface area contributed by atoms with Crippen LogP contribution in [0.5, 0.6) is 17.2 Å². The third-order valence-corrected chi connectivity index (χ3v) is 5.63. The van der Waals surface area contributed by atoms with Crippen LogP contribution in [0.25, 0.3) is 22.6 Å². The molecule has 2 N–H and O–H groups in total. The minimum absolute atomic E-state index is 0.0584. The lowest BCUT2D eigenvalue weighted by atomic mass is 10.1. The van der Waals surface area contributed by atoms with E-state index in [1.165, 1.54) is 19.8 Å². The fourth-order valence-corrected chi connectivity index (χ4v) is 3.65. The predicted octanol–water partition coefficient (Wildman–Crippen LogP) is 5.40. The molecule has 1 amide bonds. The van der Waals surface area contributed by atoms with E-state index in [1.807, 2.05) is 61.5 Å². The fourth-order valence-electron chi connectivity index (χ4n) is 3.65. The first-order valence-corrected chi connectivity index (χ1v) is 11.2. The predicted molar refractivity (Wildman–Crippen MR) is 126 cm³/mol. The molecule has 1 aliphatic carbocycles. The Morgan fingerprint density at radius 2 is 1.97 bits per heavy atom. The molecule has 0 aliphatic heterocycles. The molecule has 0 spiro atoms. The van der Waals surface area contributed by atoms with Crippen LogP contribution in [0.2, 0.25) is 0 Å². The number of amides is 1. The SMILES string of the molecule is CC(=O)NC(C)c1ccc2nc(-c3ccc(Oc4cccc(OCC5CC5)c4)cn3)[nH]c2c1. The van der Waals surface area contributed by atoms with Crippen LogP contribution >= 0.6 is 0 Å². The second kappa shape index (κ2) is 8.94. The monoisotopic (exact) mass is 442 g/mol. The molecule has 2 aromatic heterocycles. The van der Waals surface area contributed by atoms with Crippen molar-refractivity contribution in [2.75, 3.05) is 6.61 Å². The molecule has 1 aliphatic rings. The Morgan fingerprint density at radius 3 is 2.73 bits per heavy atom. The zero-order chi connectivity index (χ0) is 22.8. The van der Waals surface area contributed by atoms with Crippen molar-refractivity contribution in [3.63, 3.8) is 0 Å². The Morgan fingerprint density at radius 1 is 1.12 bits per heavy atom.